The molecule has 0 N–H and O–H groups in total. The smallest absolute Gasteiger partial charge is 0.119 e. The van der Waals surface area contributed by atoms with Crippen LogP contribution in [0.15, 0.2) is 303 Å². The van der Waals surface area contributed by atoms with Gasteiger partial charge in [-0.05, 0) is 217 Å². The van der Waals surface area contributed by atoms with E-state index in [1.54, 1.807) is 14.2 Å². The van der Waals surface area contributed by atoms with E-state index in [0.29, 0.717) is 0 Å². The number of anilines is 12. The Bertz CT molecular complexity index is 3720. The maximum absolute atomic E-state index is 5.47. The van der Waals surface area contributed by atoms with Crippen molar-refractivity contribution in [3.05, 3.63) is 314 Å². The fourth-order valence-corrected chi connectivity index (χ4v) is 10.6. The van der Waals surface area contributed by atoms with Crippen molar-refractivity contribution in [1.82, 2.24) is 0 Å². The highest BCUT2D eigenvalue weighted by Gasteiger charge is 2.18. The molecule has 398 valence electrons. The molecular weight excluding hydrogens is 1000 g/mol. The summed E-state index contributed by atoms with van der Waals surface area (Å²) in [5.41, 5.74) is 22.2. The van der Waals surface area contributed by atoms with Crippen LogP contribution in [-0.4, -0.2) is 14.2 Å². The molecule has 12 rings (SSSR count). The van der Waals surface area contributed by atoms with Gasteiger partial charge in [-0.2, -0.15) is 0 Å². The number of rotatable bonds is 17. The Morgan fingerprint density at radius 2 is 0.341 bits per heavy atom. The normalized spacial score (nSPS) is 10.9. The van der Waals surface area contributed by atoms with E-state index in [1.165, 1.54) is 11.1 Å². The fourth-order valence-electron chi connectivity index (χ4n) is 10.6. The van der Waals surface area contributed by atoms with Crippen molar-refractivity contribution in [2.75, 3.05) is 33.8 Å². The standard InChI is InChI=1S/C76H62N4O2/c1-55-15-31-65(32-16-55)79(73-47-51-75(81-3)52-48-73)71-43-27-61(28-44-71)59-23-39-69(40-24-59)77(63-11-7-5-8-12-63)67-35-19-57(20-36-67)58-21-37-68(38-22-58)78(64-13-9-6-10-14-64)70-41-25-60(26-42-70)62-29-45-72(46-30-62)80(66-33-17-56(2)18-34-66)74-49-53-76(82-4)54-50-74/h5-54H,1-4H3. The molecule has 6 heteroatoms. The van der Waals surface area contributed by atoms with Crippen molar-refractivity contribution in [3.8, 4) is 44.9 Å². The highest BCUT2D eigenvalue weighted by atomic mass is 16.5. The molecule has 12 aromatic carbocycles. The lowest BCUT2D eigenvalue weighted by Crippen LogP contribution is -2.10. The van der Waals surface area contributed by atoms with E-state index < -0.39 is 0 Å². The maximum atomic E-state index is 5.47. The summed E-state index contributed by atoms with van der Waals surface area (Å²) in [4.78, 5) is 9.18. The summed E-state index contributed by atoms with van der Waals surface area (Å²) in [6, 6.07) is 108. The quantitative estimate of drug-likeness (QED) is 0.0903. The minimum Gasteiger partial charge on any atom is -0.497 e. The Morgan fingerprint density at radius 3 is 0.524 bits per heavy atom. The summed E-state index contributed by atoms with van der Waals surface area (Å²) in [5.74, 6) is 1.66. The fraction of sp³-hybridized carbons (Fsp3) is 0.0526. The highest BCUT2D eigenvalue weighted by molar-refractivity contribution is 5.85. The number of aryl methyl sites for hydroxylation is 2. The van der Waals surface area contributed by atoms with Crippen LogP contribution in [0.4, 0.5) is 68.2 Å². The van der Waals surface area contributed by atoms with Gasteiger partial charge in [0.25, 0.3) is 0 Å². The van der Waals surface area contributed by atoms with Gasteiger partial charge in [-0.15, -0.1) is 0 Å². The van der Waals surface area contributed by atoms with Crippen LogP contribution in [0.5, 0.6) is 11.5 Å². The average molecular weight is 1060 g/mol. The molecule has 0 saturated carbocycles. The van der Waals surface area contributed by atoms with Gasteiger partial charge in [0.05, 0.1) is 14.2 Å². The first kappa shape index (κ1) is 52.2. The summed E-state index contributed by atoms with van der Waals surface area (Å²) in [6.07, 6.45) is 0. The van der Waals surface area contributed by atoms with E-state index >= 15 is 0 Å². The monoisotopic (exact) mass is 1060 g/mol. The van der Waals surface area contributed by atoms with Gasteiger partial charge < -0.3 is 29.1 Å². The number of para-hydroxylation sites is 2. The SMILES string of the molecule is COc1ccc(N(c2ccc(C)cc2)c2ccc(-c3ccc(N(c4ccccc4)c4ccc(-c5ccc(N(c6ccccc6)c6ccc(-c7ccc(N(c8ccc(C)cc8)c8ccc(OC)cc8)cc7)cc6)cc5)cc4)cc3)cc2)cc1. The van der Waals surface area contributed by atoms with Crippen LogP contribution >= 0.6 is 0 Å². The molecule has 0 bridgehead atoms. The first-order valence-corrected chi connectivity index (χ1v) is 27.7. The molecule has 0 aliphatic carbocycles. The number of ether oxygens (including phenoxy) is 2. The molecule has 82 heavy (non-hydrogen) atoms. The van der Waals surface area contributed by atoms with Crippen molar-refractivity contribution in [3.63, 3.8) is 0 Å². The van der Waals surface area contributed by atoms with Crippen molar-refractivity contribution < 1.29 is 9.47 Å². The van der Waals surface area contributed by atoms with E-state index in [2.05, 4.69) is 312 Å². The van der Waals surface area contributed by atoms with Gasteiger partial charge in [0.15, 0.2) is 0 Å². The largest absolute Gasteiger partial charge is 0.497 e. The lowest BCUT2D eigenvalue weighted by molar-refractivity contribution is 0.414. The highest BCUT2D eigenvalue weighted by Crippen LogP contribution is 2.42. The van der Waals surface area contributed by atoms with Gasteiger partial charge in [-0.1, -0.05) is 145 Å². The second kappa shape index (κ2) is 23.8. The van der Waals surface area contributed by atoms with Gasteiger partial charge in [0.1, 0.15) is 11.5 Å². The van der Waals surface area contributed by atoms with Crippen molar-refractivity contribution in [2.45, 2.75) is 13.8 Å². The van der Waals surface area contributed by atoms with Gasteiger partial charge in [-0.3, -0.25) is 0 Å². The van der Waals surface area contributed by atoms with Crippen LogP contribution < -0.4 is 29.1 Å². The second-order valence-corrected chi connectivity index (χ2v) is 20.4. The third-order valence-corrected chi connectivity index (χ3v) is 15.0. The summed E-state index contributed by atoms with van der Waals surface area (Å²) in [6.45, 7) is 4.23. The van der Waals surface area contributed by atoms with Gasteiger partial charge in [-0.25, -0.2) is 0 Å². The van der Waals surface area contributed by atoms with Crippen molar-refractivity contribution in [2.24, 2.45) is 0 Å². The van der Waals surface area contributed by atoms with E-state index in [0.717, 1.165) is 113 Å². The van der Waals surface area contributed by atoms with Crippen LogP contribution in [0.1, 0.15) is 11.1 Å². The van der Waals surface area contributed by atoms with Crippen LogP contribution in [-0.2, 0) is 0 Å². The Morgan fingerprint density at radius 1 is 0.183 bits per heavy atom. The first-order valence-electron chi connectivity index (χ1n) is 27.7. The molecule has 0 radical (unpaired) electrons. The number of nitrogens with zero attached hydrogens (tertiary/aromatic N) is 4. The predicted octanol–water partition coefficient (Wildman–Crippen LogP) is 21.2. The van der Waals surface area contributed by atoms with Crippen LogP contribution in [0.2, 0.25) is 0 Å². The molecule has 0 heterocycles. The third-order valence-electron chi connectivity index (χ3n) is 15.0. The Labute approximate surface area is 482 Å². The first-order chi connectivity index (χ1) is 40.3. The third kappa shape index (κ3) is 11.3. The summed E-state index contributed by atoms with van der Waals surface area (Å²) >= 11 is 0. The molecular formula is C76H62N4O2. The topological polar surface area (TPSA) is 31.4 Å². The van der Waals surface area contributed by atoms with Gasteiger partial charge in [0.2, 0.25) is 0 Å². The van der Waals surface area contributed by atoms with E-state index in [9.17, 15) is 0 Å². The number of methoxy groups -OCH3 is 2. The maximum Gasteiger partial charge on any atom is 0.119 e. The molecule has 12 aromatic rings. The zero-order valence-corrected chi connectivity index (χ0v) is 46.5. The van der Waals surface area contributed by atoms with E-state index in [4.69, 9.17) is 9.47 Å². The Hall–Kier alpha value is -10.6. The molecule has 0 aliphatic heterocycles. The molecule has 0 spiro atoms. The Balaban J connectivity index is 0.768. The van der Waals surface area contributed by atoms with Gasteiger partial charge in [0, 0.05) is 68.2 Å². The van der Waals surface area contributed by atoms with Crippen LogP contribution in [0.25, 0.3) is 33.4 Å². The summed E-state index contributed by atoms with van der Waals surface area (Å²) < 4.78 is 10.9. The zero-order chi connectivity index (χ0) is 55.8. The number of benzene rings is 12. The summed E-state index contributed by atoms with van der Waals surface area (Å²) in [5, 5.41) is 0. The van der Waals surface area contributed by atoms with Crippen molar-refractivity contribution in [1.29, 1.82) is 0 Å². The molecule has 0 aromatic heterocycles. The van der Waals surface area contributed by atoms with Crippen molar-refractivity contribution >= 4 is 68.2 Å². The zero-order valence-electron chi connectivity index (χ0n) is 46.5. The average Bonchev–Trinajstić information content (AvgIpc) is 3.55. The molecule has 0 saturated heterocycles. The summed E-state index contributed by atoms with van der Waals surface area (Å²) in [7, 11) is 3.40. The van der Waals surface area contributed by atoms with Crippen LogP contribution in [0.3, 0.4) is 0 Å². The molecule has 6 nitrogen and oxygen atoms in total. The molecule has 0 fully saturated rings. The lowest BCUT2D eigenvalue weighted by atomic mass is 10.0. The predicted molar refractivity (Wildman–Crippen MR) is 344 cm³/mol. The second-order valence-electron chi connectivity index (χ2n) is 20.4. The number of hydrogen-bond acceptors (Lipinski definition) is 6. The molecule has 0 unspecified atom stereocenters. The van der Waals surface area contributed by atoms with Crippen LogP contribution in [0, 0.1) is 13.8 Å². The van der Waals surface area contributed by atoms with Gasteiger partial charge >= 0.3 is 0 Å². The number of hydrogen-bond donors (Lipinski definition) is 0. The Kier molecular flexibility index (Phi) is 15.1. The molecule has 0 amide bonds. The van der Waals surface area contributed by atoms with E-state index in [-0.39, 0.29) is 0 Å². The molecule has 0 atom stereocenters. The minimum absolute atomic E-state index is 0.829. The molecule has 0 aliphatic rings. The minimum atomic E-state index is 0.829. The van der Waals surface area contributed by atoms with E-state index in [1.807, 2.05) is 24.3 Å². The lowest BCUT2D eigenvalue weighted by Gasteiger charge is -2.27.